The predicted molar refractivity (Wildman–Crippen MR) is 60.5 cm³/mol. The van der Waals surface area contributed by atoms with Crippen molar-refractivity contribution in [3.63, 3.8) is 0 Å². The van der Waals surface area contributed by atoms with Crippen LogP contribution in [-0.4, -0.2) is 34.4 Å². The molecule has 0 aliphatic carbocycles. The minimum absolute atomic E-state index is 0.539. The lowest BCUT2D eigenvalue weighted by Gasteiger charge is -1.90. The van der Waals surface area contributed by atoms with E-state index in [1.807, 2.05) is 0 Å². The van der Waals surface area contributed by atoms with Gasteiger partial charge >= 0.3 is 0 Å². The molecule has 0 aliphatic rings. The molecule has 18 heavy (non-hydrogen) atoms. The Balaban J connectivity index is 4.16. The summed E-state index contributed by atoms with van der Waals surface area (Å²) in [4.78, 5) is 19.7. The number of hydrogen-bond acceptors (Lipinski definition) is 8. The lowest BCUT2D eigenvalue weighted by Crippen LogP contribution is -2.35. The molecule has 0 aliphatic heterocycles. The second-order valence-corrected chi connectivity index (χ2v) is 2.24. The number of guanidine groups is 2. The number of hydrogen-bond donors (Lipinski definition) is 4. The van der Waals surface area contributed by atoms with Crippen molar-refractivity contribution in [3.05, 3.63) is 20.2 Å². The molecule has 0 saturated heterocycles. The van der Waals surface area contributed by atoms with Crippen molar-refractivity contribution < 1.29 is 10.1 Å². The third-order valence-electron chi connectivity index (χ3n) is 0.943. The summed E-state index contributed by atoms with van der Waals surface area (Å²) in [5.41, 5.74) is 13.1. The second-order valence-electron chi connectivity index (χ2n) is 2.24. The molecule has 0 heterocycles. The monoisotopic (exact) mass is 260 g/mol. The molecule has 14 heteroatoms. The van der Waals surface area contributed by atoms with Gasteiger partial charge in [0.1, 0.15) is 0 Å². The maximum absolute atomic E-state index is 9.87. The van der Waals surface area contributed by atoms with Crippen LogP contribution in [0.3, 0.4) is 0 Å². The molecule has 6 N–H and O–H groups in total. The molecule has 0 aromatic carbocycles. The van der Waals surface area contributed by atoms with Crippen LogP contribution in [0.2, 0.25) is 0 Å². The number of nitrogens with zero attached hydrogens (tertiary/aromatic N) is 6. The smallest absolute Gasteiger partial charge is 0.275 e. The lowest BCUT2D eigenvalue weighted by atomic mass is 10.8. The average Bonchev–Trinajstić information content (AvgIpc) is 2.20. The third-order valence-corrected chi connectivity index (χ3v) is 0.943. The van der Waals surface area contributed by atoms with E-state index in [-0.39, 0.29) is 0 Å². The number of rotatable bonds is 5. The topological polar surface area (TPSA) is 212 Å². The maximum atomic E-state index is 9.87. The van der Waals surface area contributed by atoms with Crippen molar-refractivity contribution in [2.75, 3.05) is 0 Å². The van der Waals surface area contributed by atoms with E-state index in [2.05, 4.69) is 20.4 Å². The first-order chi connectivity index (χ1) is 8.41. The standard InChI is InChI=1S/C4H8N10O4/c5-3(11-13(15)16)9-7-1-2-8-10-4(6)12-14(17)18/h1-2H,(H3,5,9,11)(H3,6,10,12)/b7-1+,8-2+. The van der Waals surface area contributed by atoms with Crippen LogP contribution in [-0.2, 0) is 0 Å². The zero-order chi connectivity index (χ0) is 14.0. The van der Waals surface area contributed by atoms with E-state index in [4.69, 9.17) is 11.5 Å². The third kappa shape index (κ3) is 9.24. The normalized spacial score (nSPS) is 12.9. The summed E-state index contributed by atoms with van der Waals surface area (Å²) in [7, 11) is 0. The Bertz CT molecular complexity index is 384. The van der Waals surface area contributed by atoms with Gasteiger partial charge in [-0.2, -0.15) is 10.2 Å². The van der Waals surface area contributed by atoms with Gasteiger partial charge < -0.3 is 11.5 Å². The van der Waals surface area contributed by atoms with Gasteiger partial charge in [-0.15, -0.1) is 10.2 Å². The molecule has 0 aromatic heterocycles. The van der Waals surface area contributed by atoms with Crippen molar-refractivity contribution in [1.29, 1.82) is 0 Å². The minimum Gasteiger partial charge on any atom is -0.364 e. The van der Waals surface area contributed by atoms with Crippen molar-refractivity contribution in [2.24, 2.45) is 31.9 Å². The van der Waals surface area contributed by atoms with Gasteiger partial charge in [-0.1, -0.05) is 10.9 Å². The quantitative estimate of drug-likeness (QED) is 0.174. The van der Waals surface area contributed by atoms with Gasteiger partial charge in [-0.3, -0.25) is 0 Å². The first kappa shape index (κ1) is 14.7. The summed E-state index contributed by atoms with van der Waals surface area (Å²) >= 11 is 0. The second kappa shape index (κ2) is 7.91. The summed E-state index contributed by atoms with van der Waals surface area (Å²) in [6.45, 7) is 0. The van der Waals surface area contributed by atoms with Gasteiger partial charge in [-0.25, -0.2) is 20.2 Å². The highest BCUT2D eigenvalue weighted by Gasteiger charge is 1.97. The molecule has 0 radical (unpaired) electrons. The van der Waals surface area contributed by atoms with Crippen LogP contribution in [0, 0.1) is 20.2 Å². The van der Waals surface area contributed by atoms with E-state index in [1.54, 1.807) is 0 Å². The zero-order valence-electron chi connectivity index (χ0n) is 8.63. The molecule has 14 nitrogen and oxygen atoms in total. The summed E-state index contributed by atoms with van der Waals surface area (Å²) in [5.74, 6) is -1.08. The van der Waals surface area contributed by atoms with Crippen LogP contribution in [0.4, 0.5) is 0 Å². The SMILES string of the molecule is N\C(=N/N=C/C=N/N=C(\N)N[N+](=O)[O-])N[N+](=O)[O-]. The molecule has 0 bridgehead atoms. The molecular weight excluding hydrogens is 252 g/mol. The highest BCUT2D eigenvalue weighted by Crippen LogP contribution is 1.71. The molecule has 0 spiro atoms. The van der Waals surface area contributed by atoms with E-state index in [0.29, 0.717) is 0 Å². The van der Waals surface area contributed by atoms with Crippen molar-refractivity contribution >= 4 is 24.3 Å². The molecular formula is C4H8N10O4. The van der Waals surface area contributed by atoms with Gasteiger partial charge in [0.2, 0.25) is 0 Å². The zero-order valence-corrected chi connectivity index (χ0v) is 8.63. The summed E-state index contributed by atoms with van der Waals surface area (Å²) < 4.78 is 0. The van der Waals surface area contributed by atoms with Crippen LogP contribution >= 0.6 is 0 Å². The molecule has 0 atom stereocenters. The highest BCUT2D eigenvalue weighted by molar-refractivity contribution is 6.16. The summed E-state index contributed by atoms with van der Waals surface area (Å²) in [6, 6.07) is 0. The average molecular weight is 260 g/mol. The minimum atomic E-state index is -0.920. The Kier molecular flexibility index (Phi) is 6.45. The highest BCUT2D eigenvalue weighted by atomic mass is 16.7. The Labute approximate surface area is 98.4 Å². The van der Waals surface area contributed by atoms with E-state index in [0.717, 1.165) is 12.4 Å². The first-order valence-corrected chi connectivity index (χ1v) is 3.95. The predicted octanol–water partition coefficient (Wildman–Crippen LogP) is -2.85. The molecule has 0 rings (SSSR count). The molecule has 0 amide bonds. The Morgan fingerprint density at radius 3 is 1.56 bits per heavy atom. The van der Waals surface area contributed by atoms with Gasteiger partial charge in [-0.05, 0) is 0 Å². The van der Waals surface area contributed by atoms with Crippen LogP contribution in [0.25, 0.3) is 0 Å². The number of nitro groups is 2. The fraction of sp³-hybridized carbons (Fsp3) is 0. The van der Waals surface area contributed by atoms with Crippen molar-refractivity contribution in [1.82, 2.24) is 10.9 Å². The summed E-state index contributed by atoms with van der Waals surface area (Å²) in [6.07, 6.45) is 1.94. The van der Waals surface area contributed by atoms with Gasteiger partial charge in [0.05, 0.1) is 12.4 Å². The van der Waals surface area contributed by atoms with Crippen LogP contribution < -0.4 is 22.3 Å². The molecule has 0 unspecified atom stereocenters. The van der Waals surface area contributed by atoms with Crippen molar-refractivity contribution in [3.8, 4) is 0 Å². The Morgan fingerprint density at radius 1 is 0.944 bits per heavy atom. The van der Waals surface area contributed by atoms with Crippen LogP contribution in [0.5, 0.6) is 0 Å². The molecule has 98 valence electrons. The number of nitrogens with two attached hydrogens (primary N) is 2. The van der Waals surface area contributed by atoms with E-state index >= 15 is 0 Å². The van der Waals surface area contributed by atoms with Gasteiger partial charge in [0.15, 0.2) is 10.1 Å². The first-order valence-electron chi connectivity index (χ1n) is 3.95. The van der Waals surface area contributed by atoms with Crippen molar-refractivity contribution in [2.45, 2.75) is 0 Å². The van der Waals surface area contributed by atoms with Gasteiger partial charge in [0, 0.05) is 0 Å². The van der Waals surface area contributed by atoms with E-state index < -0.39 is 22.0 Å². The molecule has 0 aromatic rings. The summed E-state index contributed by atoms with van der Waals surface area (Å²) in [5, 5.41) is 30.7. The maximum Gasteiger partial charge on any atom is 0.275 e. The van der Waals surface area contributed by atoms with Gasteiger partial charge in [0.25, 0.3) is 11.9 Å². The fourth-order valence-electron chi connectivity index (χ4n) is 0.482. The number of hydrazine groups is 2. The van der Waals surface area contributed by atoms with E-state index in [9.17, 15) is 20.2 Å². The molecule has 0 fully saturated rings. The Hall–Kier alpha value is -3.32. The molecule has 0 saturated carbocycles. The van der Waals surface area contributed by atoms with E-state index in [1.165, 1.54) is 10.9 Å². The largest absolute Gasteiger partial charge is 0.364 e. The van der Waals surface area contributed by atoms with Crippen LogP contribution in [0.15, 0.2) is 20.4 Å². The fourth-order valence-corrected chi connectivity index (χ4v) is 0.482. The number of nitrogens with one attached hydrogen (secondary N) is 2. The lowest BCUT2D eigenvalue weighted by molar-refractivity contribution is -0.525. The van der Waals surface area contributed by atoms with Crippen LogP contribution in [0.1, 0.15) is 0 Å². The Morgan fingerprint density at radius 2 is 1.28 bits per heavy atom.